The molecule has 2 heteroatoms. The Balaban J connectivity index is 1.73. The fourth-order valence-electron chi connectivity index (χ4n) is 2.13. The van der Waals surface area contributed by atoms with Crippen molar-refractivity contribution in [3.63, 3.8) is 0 Å². The van der Waals surface area contributed by atoms with Crippen molar-refractivity contribution < 1.29 is 4.43 Å². The molecule has 0 aromatic heterocycles. The molecular weight excluding hydrogens is 188 g/mol. The number of hydrogen-bond donors (Lipinski definition) is 0. The van der Waals surface area contributed by atoms with Crippen LogP contribution in [0.25, 0.3) is 0 Å². The number of allylic oxidation sites excluding steroid dienone is 6. The summed E-state index contributed by atoms with van der Waals surface area (Å²) >= 11 is 0. The Labute approximate surface area is 88.5 Å². The van der Waals surface area contributed by atoms with Crippen LogP contribution in [0.3, 0.4) is 0 Å². The molecule has 0 amide bonds. The number of fused-ring (bicyclic) bond motifs is 2. The van der Waals surface area contributed by atoms with E-state index in [-0.39, 0.29) is 0 Å². The minimum atomic E-state index is -0.410. The summed E-state index contributed by atoms with van der Waals surface area (Å²) in [6.07, 6.45) is 11.5. The van der Waals surface area contributed by atoms with Crippen LogP contribution < -0.4 is 0 Å². The third-order valence-corrected chi connectivity index (χ3v) is 4.54. The van der Waals surface area contributed by atoms with Crippen molar-refractivity contribution >= 4 is 9.76 Å². The van der Waals surface area contributed by atoms with Gasteiger partial charge in [0.25, 0.3) is 0 Å². The summed E-state index contributed by atoms with van der Waals surface area (Å²) in [5.41, 5.74) is 0. The average molecular weight is 206 g/mol. The normalized spacial score (nSPS) is 35.3. The summed E-state index contributed by atoms with van der Waals surface area (Å²) < 4.78 is 5.84. The molecule has 0 spiro atoms. The predicted molar refractivity (Wildman–Crippen MR) is 62.7 cm³/mol. The van der Waals surface area contributed by atoms with E-state index in [4.69, 9.17) is 4.43 Å². The van der Waals surface area contributed by atoms with Crippen LogP contribution in [0.1, 0.15) is 13.8 Å². The molecule has 76 valence electrons. The lowest BCUT2D eigenvalue weighted by Gasteiger charge is -2.16. The minimum absolute atomic E-state index is 0.410. The molecule has 0 heterocycles. The maximum absolute atomic E-state index is 5.84. The first kappa shape index (κ1) is 9.93. The summed E-state index contributed by atoms with van der Waals surface area (Å²) in [6.45, 7) is 5.22. The first-order valence-corrected chi connectivity index (χ1v) is 6.66. The molecule has 1 nitrogen and oxygen atoms in total. The Morgan fingerprint density at radius 1 is 1.29 bits per heavy atom. The third kappa shape index (κ3) is 1.91. The van der Waals surface area contributed by atoms with E-state index in [1.165, 1.54) is 5.20 Å². The second-order valence-electron chi connectivity index (χ2n) is 4.24. The van der Waals surface area contributed by atoms with Crippen LogP contribution in [-0.4, -0.2) is 16.4 Å². The van der Waals surface area contributed by atoms with Crippen molar-refractivity contribution in [2.75, 3.05) is 6.61 Å². The lowest BCUT2D eigenvalue weighted by Crippen LogP contribution is -2.17. The van der Waals surface area contributed by atoms with Crippen LogP contribution in [0.4, 0.5) is 0 Å². The van der Waals surface area contributed by atoms with Crippen LogP contribution in [0.5, 0.6) is 0 Å². The van der Waals surface area contributed by atoms with Gasteiger partial charge in [0.05, 0.1) is 0 Å². The topological polar surface area (TPSA) is 9.23 Å². The van der Waals surface area contributed by atoms with Gasteiger partial charge in [-0.15, -0.1) is 0 Å². The van der Waals surface area contributed by atoms with Crippen LogP contribution >= 0.6 is 0 Å². The monoisotopic (exact) mass is 206 g/mol. The second kappa shape index (κ2) is 4.28. The molecule has 14 heavy (non-hydrogen) atoms. The highest BCUT2D eigenvalue weighted by Crippen LogP contribution is 2.38. The van der Waals surface area contributed by atoms with E-state index in [1.807, 2.05) is 0 Å². The minimum Gasteiger partial charge on any atom is -0.419 e. The summed E-state index contributed by atoms with van der Waals surface area (Å²) in [4.78, 5) is 0. The van der Waals surface area contributed by atoms with Gasteiger partial charge >= 0.3 is 0 Å². The van der Waals surface area contributed by atoms with Crippen molar-refractivity contribution in [3.05, 3.63) is 35.6 Å². The smallest absolute Gasteiger partial charge is 0.187 e. The average Bonchev–Trinajstić information content (AvgIpc) is 2.77. The first-order chi connectivity index (χ1) is 6.81. The Kier molecular flexibility index (Phi) is 3.04. The van der Waals surface area contributed by atoms with Crippen molar-refractivity contribution in [3.8, 4) is 0 Å². The lowest BCUT2D eigenvalue weighted by atomic mass is 9.97. The third-order valence-electron chi connectivity index (χ3n) is 3.23. The fourth-order valence-corrected chi connectivity index (χ4v) is 3.01. The molecule has 0 unspecified atom stereocenters. The molecule has 0 aromatic carbocycles. The molecule has 0 saturated heterocycles. The first-order valence-electron chi connectivity index (χ1n) is 5.37. The number of hydrogen-bond acceptors (Lipinski definition) is 1. The zero-order chi connectivity index (χ0) is 9.97. The van der Waals surface area contributed by atoms with Crippen molar-refractivity contribution in [2.24, 2.45) is 17.8 Å². The standard InChI is InChI=1S/C12H18OSi/c1-3-9(2)14-13-8-12-10-4-5-11(12)7-6-10/h3-7,10-12H,8,14H2,1-2H3/b9-3+. The molecule has 0 N–H and O–H groups in total. The SMILES string of the molecule is C/C=C(\C)[SiH2]OCC1C2C=CC1C=C2. The van der Waals surface area contributed by atoms with Crippen molar-refractivity contribution in [1.82, 2.24) is 0 Å². The zero-order valence-corrected chi connectivity index (χ0v) is 10.4. The molecule has 0 radical (unpaired) electrons. The summed E-state index contributed by atoms with van der Waals surface area (Å²) in [6, 6.07) is 0. The molecule has 0 saturated carbocycles. The maximum atomic E-state index is 5.84. The highest BCUT2D eigenvalue weighted by molar-refractivity contribution is 6.37. The molecule has 0 atom stereocenters. The largest absolute Gasteiger partial charge is 0.419 e. The summed E-state index contributed by atoms with van der Waals surface area (Å²) in [5, 5.41) is 1.45. The Morgan fingerprint density at radius 2 is 1.86 bits per heavy atom. The Bertz CT molecular complexity index is 261. The van der Waals surface area contributed by atoms with Gasteiger partial charge in [-0.25, -0.2) is 0 Å². The van der Waals surface area contributed by atoms with Gasteiger partial charge in [0.1, 0.15) is 0 Å². The number of rotatable bonds is 4. The van der Waals surface area contributed by atoms with Crippen LogP contribution in [0.2, 0.25) is 0 Å². The molecule has 0 fully saturated rings. The molecule has 2 aliphatic carbocycles. The fraction of sp³-hybridized carbons (Fsp3) is 0.500. The van der Waals surface area contributed by atoms with Crippen molar-refractivity contribution in [1.29, 1.82) is 0 Å². The van der Waals surface area contributed by atoms with Gasteiger partial charge in [0, 0.05) is 24.4 Å². The van der Waals surface area contributed by atoms with Crippen LogP contribution in [0, 0.1) is 17.8 Å². The zero-order valence-electron chi connectivity index (χ0n) is 8.94. The van der Waals surface area contributed by atoms with E-state index in [0.29, 0.717) is 17.8 Å². The van der Waals surface area contributed by atoms with Gasteiger partial charge < -0.3 is 4.43 Å². The maximum Gasteiger partial charge on any atom is 0.187 e. The summed E-state index contributed by atoms with van der Waals surface area (Å²) in [5.74, 6) is 2.05. The van der Waals surface area contributed by atoms with Gasteiger partial charge in [-0.3, -0.25) is 0 Å². The van der Waals surface area contributed by atoms with E-state index < -0.39 is 9.76 Å². The van der Waals surface area contributed by atoms with Crippen LogP contribution in [0.15, 0.2) is 35.6 Å². The van der Waals surface area contributed by atoms with Gasteiger partial charge in [-0.05, 0) is 13.8 Å². The predicted octanol–water partition coefficient (Wildman–Crippen LogP) is 2.00. The molecular formula is C12H18OSi. The quantitative estimate of drug-likeness (QED) is 0.505. The molecule has 0 aliphatic heterocycles. The van der Waals surface area contributed by atoms with E-state index in [9.17, 15) is 0 Å². The van der Waals surface area contributed by atoms with E-state index in [2.05, 4.69) is 44.2 Å². The van der Waals surface area contributed by atoms with Gasteiger partial charge in [0.15, 0.2) is 9.76 Å². The molecule has 2 aliphatic rings. The highest BCUT2D eigenvalue weighted by atomic mass is 28.2. The highest BCUT2D eigenvalue weighted by Gasteiger charge is 2.32. The Hall–Kier alpha value is -0.603. The van der Waals surface area contributed by atoms with Crippen LogP contribution in [-0.2, 0) is 4.43 Å². The Morgan fingerprint density at radius 3 is 2.36 bits per heavy atom. The summed E-state index contributed by atoms with van der Waals surface area (Å²) in [7, 11) is -0.410. The van der Waals surface area contributed by atoms with E-state index in [1.54, 1.807) is 0 Å². The molecule has 2 rings (SSSR count). The van der Waals surface area contributed by atoms with Gasteiger partial charge in [-0.2, -0.15) is 0 Å². The van der Waals surface area contributed by atoms with E-state index >= 15 is 0 Å². The molecule has 2 bridgehead atoms. The van der Waals surface area contributed by atoms with Crippen molar-refractivity contribution in [2.45, 2.75) is 13.8 Å². The van der Waals surface area contributed by atoms with Gasteiger partial charge in [0.2, 0.25) is 0 Å². The lowest BCUT2D eigenvalue weighted by molar-refractivity contribution is 0.238. The second-order valence-corrected chi connectivity index (χ2v) is 6.05. The molecule has 0 aromatic rings. The van der Waals surface area contributed by atoms with E-state index in [0.717, 1.165) is 6.61 Å². The van der Waals surface area contributed by atoms with Gasteiger partial charge in [-0.1, -0.05) is 35.6 Å².